The molecular weight excluding hydrogens is 276 g/mol. The Kier molecular flexibility index (Phi) is 4.36. The van der Waals surface area contributed by atoms with Gasteiger partial charge in [0.25, 0.3) is 0 Å². The van der Waals surface area contributed by atoms with Crippen LogP contribution in [0.4, 0.5) is 5.69 Å². The van der Waals surface area contributed by atoms with E-state index in [9.17, 15) is 8.42 Å². The summed E-state index contributed by atoms with van der Waals surface area (Å²) in [6.07, 6.45) is 1.46. The van der Waals surface area contributed by atoms with Crippen molar-refractivity contribution in [1.29, 1.82) is 0 Å². The van der Waals surface area contributed by atoms with E-state index in [1.54, 1.807) is 19.1 Å². The van der Waals surface area contributed by atoms with Crippen molar-refractivity contribution in [2.45, 2.75) is 31.6 Å². The van der Waals surface area contributed by atoms with Crippen molar-refractivity contribution in [3.63, 3.8) is 0 Å². The van der Waals surface area contributed by atoms with Crippen LogP contribution >= 0.6 is 0 Å². The summed E-state index contributed by atoms with van der Waals surface area (Å²) in [7, 11) is -3.49. The molecule has 0 amide bonds. The number of nitrogens with zero attached hydrogens (tertiary/aromatic N) is 1. The fraction of sp³-hybridized carbons (Fsp3) is 0.571. The van der Waals surface area contributed by atoms with Crippen LogP contribution in [0.5, 0.6) is 0 Å². The van der Waals surface area contributed by atoms with Crippen molar-refractivity contribution in [1.82, 2.24) is 4.31 Å². The molecule has 0 spiro atoms. The highest BCUT2D eigenvalue weighted by Crippen LogP contribution is 2.30. The molecule has 1 saturated heterocycles. The zero-order valence-corrected chi connectivity index (χ0v) is 12.8. The number of benzene rings is 1. The number of hydrogen-bond acceptors (Lipinski definition) is 4. The minimum absolute atomic E-state index is 0.106. The zero-order chi connectivity index (χ0) is 14.9. The first-order chi connectivity index (χ1) is 9.36. The van der Waals surface area contributed by atoms with Crippen LogP contribution in [0.15, 0.2) is 17.0 Å². The predicted octanol–water partition coefficient (Wildman–Crippen LogP) is 1.28. The SMILES string of the molecule is Cc1cc(N)c(C)c(S(=O)(=O)N2CCC(CCO)C2)c1. The number of nitrogen functional groups attached to an aromatic ring is 1. The Morgan fingerprint density at radius 3 is 2.75 bits per heavy atom. The summed E-state index contributed by atoms with van der Waals surface area (Å²) in [5, 5.41) is 8.97. The third kappa shape index (κ3) is 2.82. The van der Waals surface area contributed by atoms with Gasteiger partial charge in [0.05, 0.1) is 4.90 Å². The van der Waals surface area contributed by atoms with E-state index in [2.05, 4.69) is 0 Å². The highest BCUT2D eigenvalue weighted by molar-refractivity contribution is 7.89. The van der Waals surface area contributed by atoms with E-state index >= 15 is 0 Å². The van der Waals surface area contributed by atoms with Gasteiger partial charge in [0.15, 0.2) is 0 Å². The van der Waals surface area contributed by atoms with E-state index in [0.29, 0.717) is 35.7 Å². The molecular formula is C14H22N2O3S. The Balaban J connectivity index is 2.32. The highest BCUT2D eigenvalue weighted by atomic mass is 32.2. The van der Waals surface area contributed by atoms with Crippen LogP contribution in [0.25, 0.3) is 0 Å². The molecule has 0 aromatic heterocycles. The van der Waals surface area contributed by atoms with Gasteiger partial charge in [-0.15, -0.1) is 0 Å². The van der Waals surface area contributed by atoms with Crippen LogP contribution in [0.1, 0.15) is 24.0 Å². The van der Waals surface area contributed by atoms with Gasteiger partial charge in [-0.2, -0.15) is 4.31 Å². The van der Waals surface area contributed by atoms with Crippen LogP contribution in [0, 0.1) is 19.8 Å². The number of aliphatic hydroxyl groups excluding tert-OH is 1. The van der Waals surface area contributed by atoms with Crippen molar-refractivity contribution in [3.8, 4) is 0 Å². The summed E-state index contributed by atoms with van der Waals surface area (Å²) >= 11 is 0. The Labute approximate surface area is 120 Å². The maximum Gasteiger partial charge on any atom is 0.243 e. The third-order valence-corrected chi connectivity index (χ3v) is 5.94. The smallest absolute Gasteiger partial charge is 0.243 e. The Bertz CT molecular complexity index is 599. The molecule has 0 bridgehead atoms. The van der Waals surface area contributed by atoms with Gasteiger partial charge < -0.3 is 10.8 Å². The molecule has 6 heteroatoms. The molecule has 112 valence electrons. The molecule has 0 saturated carbocycles. The molecule has 0 aliphatic carbocycles. The first-order valence-electron chi connectivity index (χ1n) is 6.84. The van der Waals surface area contributed by atoms with Crippen molar-refractivity contribution >= 4 is 15.7 Å². The maximum atomic E-state index is 12.7. The van der Waals surface area contributed by atoms with E-state index in [-0.39, 0.29) is 12.5 Å². The Morgan fingerprint density at radius 2 is 2.10 bits per heavy atom. The van der Waals surface area contributed by atoms with E-state index in [4.69, 9.17) is 10.8 Å². The van der Waals surface area contributed by atoms with Gasteiger partial charge in [0, 0.05) is 25.4 Å². The van der Waals surface area contributed by atoms with E-state index in [1.807, 2.05) is 6.92 Å². The number of hydrogen-bond donors (Lipinski definition) is 2. The summed E-state index contributed by atoms with van der Waals surface area (Å²) in [6.45, 7) is 4.68. The van der Waals surface area contributed by atoms with Gasteiger partial charge >= 0.3 is 0 Å². The van der Waals surface area contributed by atoms with Crippen LogP contribution < -0.4 is 5.73 Å². The lowest BCUT2D eigenvalue weighted by atomic mass is 10.1. The topological polar surface area (TPSA) is 83.6 Å². The first-order valence-corrected chi connectivity index (χ1v) is 8.28. The van der Waals surface area contributed by atoms with E-state index in [1.165, 1.54) is 4.31 Å². The molecule has 2 rings (SSSR count). The lowest BCUT2D eigenvalue weighted by molar-refractivity contribution is 0.259. The molecule has 20 heavy (non-hydrogen) atoms. The fourth-order valence-electron chi connectivity index (χ4n) is 2.69. The Morgan fingerprint density at radius 1 is 1.40 bits per heavy atom. The number of anilines is 1. The number of aryl methyl sites for hydroxylation is 1. The Hall–Kier alpha value is -1.11. The lowest BCUT2D eigenvalue weighted by Crippen LogP contribution is -2.29. The zero-order valence-electron chi connectivity index (χ0n) is 12.0. The molecule has 1 aliphatic rings. The van der Waals surface area contributed by atoms with Crippen LogP contribution in [0.2, 0.25) is 0 Å². The van der Waals surface area contributed by atoms with Gasteiger partial charge in [-0.1, -0.05) is 0 Å². The van der Waals surface area contributed by atoms with Crippen LogP contribution in [-0.4, -0.2) is 37.5 Å². The number of rotatable bonds is 4. The standard InChI is InChI=1S/C14H22N2O3S/c1-10-7-13(15)11(2)14(8-10)20(18,19)16-5-3-12(9-16)4-6-17/h7-8,12,17H,3-6,9,15H2,1-2H3. The van der Waals surface area contributed by atoms with Gasteiger partial charge in [-0.25, -0.2) is 8.42 Å². The molecule has 5 nitrogen and oxygen atoms in total. The molecule has 1 atom stereocenters. The van der Waals surface area contributed by atoms with Crippen molar-refractivity contribution in [2.24, 2.45) is 5.92 Å². The maximum absolute atomic E-state index is 12.7. The summed E-state index contributed by atoms with van der Waals surface area (Å²) in [6, 6.07) is 3.47. The molecule has 3 N–H and O–H groups in total. The summed E-state index contributed by atoms with van der Waals surface area (Å²) in [4.78, 5) is 0.305. The van der Waals surface area contributed by atoms with Crippen LogP contribution in [0.3, 0.4) is 0 Å². The van der Waals surface area contributed by atoms with Gasteiger partial charge in [-0.3, -0.25) is 0 Å². The van der Waals surface area contributed by atoms with Crippen molar-refractivity contribution < 1.29 is 13.5 Å². The summed E-state index contributed by atoms with van der Waals surface area (Å²) in [5.74, 6) is 0.247. The third-order valence-electron chi connectivity index (χ3n) is 3.95. The normalized spacial score (nSPS) is 20.4. The molecule has 1 aromatic rings. The number of aliphatic hydroxyl groups is 1. The molecule has 1 aromatic carbocycles. The van der Waals surface area contributed by atoms with Crippen molar-refractivity contribution in [3.05, 3.63) is 23.3 Å². The minimum atomic E-state index is -3.49. The largest absolute Gasteiger partial charge is 0.398 e. The average Bonchev–Trinajstić information content (AvgIpc) is 2.83. The van der Waals surface area contributed by atoms with Gasteiger partial charge in [0.1, 0.15) is 0 Å². The number of sulfonamides is 1. The highest BCUT2D eigenvalue weighted by Gasteiger charge is 2.33. The second-order valence-electron chi connectivity index (χ2n) is 5.51. The monoisotopic (exact) mass is 298 g/mol. The number of nitrogens with two attached hydrogens (primary N) is 1. The molecule has 1 aliphatic heterocycles. The quantitative estimate of drug-likeness (QED) is 0.820. The predicted molar refractivity (Wildman–Crippen MR) is 78.9 cm³/mol. The summed E-state index contributed by atoms with van der Waals surface area (Å²) < 4.78 is 26.9. The molecule has 1 heterocycles. The van der Waals surface area contributed by atoms with Crippen LogP contribution in [-0.2, 0) is 10.0 Å². The molecule has 0 radical (unpaired) electrons. The fourth-order valence-corrected chi connectivity index (χ4v) is 4.56. The van der Waals surface area contributed by atoms with Crippen molar-refractivity contribution in [2.75, 3.05) is 25.4 Å². The molecule has 1 fully saturated rings. The average molecular weight is 298 g/mol. The molecule has 1 unspecified atom stereocenters. The summed E-state index contributed by atoms with van der Waals surface area (Å²) in [5.41, 5.74) is 7.84. The van der Waals surface area contributed by atoms with E-state index in [0.717, 1.165) is 12.0 Å². The van der Waals surface area contributed by atoms with E-state index < -0.39 is 10.0 Å². The minimum Gasteiger partial charge on any atom is -0.398 e. The second kappa shape index (κ2) is 5.71. The van der Waals surface area contributed by atoms with Gasteiger partial charge in [-0.05, 0) is 55.9 Å². The van der Waals surface area contributed by atoms with Gasteiger partial charge in [0.2, 0.25) is 10.0 Å². The second-order valence-corrected chi connectivity index (χ2v) is 7.41. The first kappa shape index (κ1) is 15.3. The lowest BCUT2D eigenvalue weighted by Gasteiger charge is -2.19.